The lowest BCUT2D eigenvalue weighted by Gasteiger charge is -2.01. The predicted octanol–water partition coefficient (Wildman–Crippen LogP) is 4.04. The third-order valence-electron chi connectivity index (χ3n) is 2.89. The Kier molecular flexibility index (Phi) is 4.66. The van der Waals surface area contributed by atoms with Crippen LogP contribution in [0.5, 0.6) is 0 Å². The maximum absolute atomic E-state index is 12.3. The van der Waals surface area contributed by atoms with Crippen molar-refractivity contribution in [2.45, 2.75) is 0 Å². The van der Waals surface area contributed by atoms with Crippen molar-refractivity contribution >= 4 is 29.1 Å². The molecule has 0 aromatic heterocycles. The van der Waals surface area contributed by atoms with Crippen molar-refractivity contribution in [1.82, 2.24) is 0 Å². The van der Waals surface area contributed by atoms with Gasteiger partial charge in [-0.25, -0.2) is 0 Å². The van der Waals surface area contributed by atoms with Crippen LogP contribution in [-0.4, -0.2) is 10.7 Å². The van der Waals surface area contributed by atoms with Crippen LogP contribution in [0, 0.1) is 21.4 Å². The molecule has 0 unspecified atom stereocenters. The molecule has 0 spiro atoms. The van der Waals surface area contributed by atoms with E-state index in [4.69, 9.17) is 11.6 Å². The van der Waals surface area contributed by atoms with Crippen LogP contribution in [0.2, 0.25) is 5.02 Å². The van der Waals surface area contributed by atoms with E-state index in [9.17, 15) is 20.2 Å². The standard InChI is InChI=1S/C16H9ClN2O3/c17-15-7-2-1-4-11(15)8-13(10-18)16(20)12-5-3-6-14(9-12)19(21)22/h1-9H/b13-8+. The Labute approximate surface area is 131 Å². The van der Waals surface area contributed by atoms with Crippen LogP contribution in [0.15, 0.2) is 54.1 Å². The zero-order chi connectivity index (χ0) is 16.1. The normalized spacial score (nSPS) is 10.8. The third-order valence-corrected chi connectivity index (χ3v) is 3.23. The Hall–Kier alpha value is -2.97. The van der Waals surface area contributed by atoms with Gasteiger partial charge >= 0.3 is 0 Å². The number of nitriles is 1. The number of allylic oxidation sites excluding steroid dienone is 1. The second-order valence-electron chi connectivity index (χ2n) is 4.33. The molecule has 0 aliphatic rings. The highest BCUT2D eigenvalue weighted by atomic mass is 35.5. The summed E-state index contributed by atoms with van der Waals surface area (Å²) in [5, 5.41) is 20.3. The van der Waals surface area contributed by atoms with Gasteiger partial charge in [-0.15, -0.1) is 0 Å². The van der Waals surface area contributed by atoms with Crippen molar-refractivity contribution in [3.05, 3.63) is 80.4 Å². The first-order chi connectivity index (χ1) is 10.5. The van der Waals surface area contributed by atoms with Gasteiger partial charge in [-0.2, -0.15) is 5.26 Å². The molecule has 2 aromatic rings. The van der Waals surface area contributed by atoms with Gasteiger partial charge in [0.25, 0.3) is 5.69 Å². The highest BCUT2D eigenvalue weighted by Gasteiger charge is 2.16. The lowest BCUT2D eigenvalue weighted by Crippen LogP contribution is -2.02. The van der Waals surface area contributed by atoms with Gasteiger partial charge in [-0.3, -0.25) is 14.9 Å². The van der Waals surface area contributed by atoms with Gasteiger partial charge in [0.05, 0.1) is 4.92 Å². The minimum absolute atomic E-state index is 0.0778. The van der Waals surface area contributed by atoms with Crippen molar-refractivity contribution in [2.75, 3.05) is 0 Å². The van der Waals surface area contributed by atoms with Crippen LogP contribution >= 0.6 is 11.6 Å². The summed E-state index contributed by atoms with van der Waals surface area (Å²) < 4.78 is 0. The number of ketones is 1. The van der Waals surface area contributed by atoms with E-state index in [0.717, 1.165) is 6.07 Å². The van der Waals surface area contributed by atoms with Gasteiger partial charge in [-0.05, 0) is 17.7 Å². The lowest BCUT2D eigenvalue weighted by atomic mass is 10.0. The largest absolute Gasteiger partial charge is 0.288 e. The number of nitro benzene ring substituents is 1. The van der Waals surface area contributed by atoms with Crippen LogP contribution in [0.4, 0.5) is 5.69 Å². The number of carbonyl (C=O) groups excluding carboxylic acids is 1. The topological polar surface area (TPSA) is 84.0 Å². The Morgan fingerprint density at radius 1 is 1.23 bits per heavy atom. The SMILES string of the molecule is N#C/C(=C\c1ccccc1Cl)C(=O)c1cccc([N+](=O)[O-])c1. The zero-order valence-electron chi connectivity index (χ0n) is 11.2. The molecule has 0 fully saturated rings. The van der Waals surface area contributed by atoms with Gasteiger partial charge in [0, 0.05) is 22.7 Å². The molecule has 0 amide bonds. The van der Waals surface area contributed by atoms with E-state index in [2.05, 4.69) is 0 Å². The van der Waals surface area contributed by atoms with Gasteiger partial charge in [0.2, 0.25) is 5.78 Å². The number of halogens is 1. The molecule has 0 aliphatic heterocycles. The lowest BCUT2D eigenvalue weighted by molar-refractivity contribution is -0.384. The minimum Gasteiger partial charge on any atom is -0.288 e. The maximum atomic E-state index is 12.3. The molecule has 0 N–H and O–H groups in total. The molecule has 0 heterocycles. The second-order valence-corrected chi connectivity index (χ2v) is 4.74. The molecule has 5 nitrogen and oxygen atoms in total. The Balaban J connectivity index is 2.42. The first-order valence-corrected chi connectivity index (χ1v) is 6.56. The number of rotatable bonds is 4. The van der Waals surface area contributed by atoms with Crippen LogP contribution < -0.4 is 0 Å². The number of non-ortho nitro benzene ring substituents is 1. The number of hydrogen-bond acceptors (Lipinski definition) is 4. The summed E-state index contributed by atoms with van der Waals surface area (Å²) in [6, 6.07) is 13.8. The van der Waals surface area contributed by atoms with Crippen molar-refractivity contribution in [3.63, 3.8) is 0 Å². The van der Waals surface area contributed by atoms with Crippen molar-refractivity contribution in [1.29, 1.82) is 5.26 Å². The smallest absolute Gasteiger partial charge is 0.270 e. The zero-order valence-corrected chi connectivity index (χ0v) is 11.9. The molecule has 108 valence electrons. The molecule has 0 atom stereocenters. The van der Waals surface area contributed by atoms with E-state index in [1.54, 1.807) is 24.3 Å². The highest BCUT2D eigenvalue weighted by molar-refractivity contribution is 6.32. The molecule has 0 saturated heterocycles. The molecule has 2 aromatic carbocycles. The van der Waals surface area contributed by atoms with E-state index in [1.807, 2.05) is 6.07 Å². The molecule has 22 heavy (non-hydrogen) atoms. The quantitative estimate of drug-likeness (QED) is 0.280. The predicted molar refractivity (Wildman–Crippen MR) is 82.5 cm³/mol. The van der Waals surface area contributed by atoms with Crippen molar-refractivity contribution < 1.29 is 9.72 Å². The van der Waals surface area contributed by atoms with Crippen LogP contribution in [0.3, 0.4) is 0 Å². The molecule has 2 rings (SSSR count). The maximum Gasteiger partial charge on any atom is 0.270 e. The summed E-state index contributed by atoms with van der Waals surface area (Å²) in [5.74, 6) is -0.592. The van der Waals surface area contributed by atoms with Crippen molar-refractivity contribution in [3.8, 4) is 6.07 Å². The number of carbonyl (C=O) groups is 1. The van der Waals surface area contributed by atoms with Gasteiger partial charge in [0.1, 0.15) is 11.6 Å². The fourth-order valence-corrected chi connectivity index (χ4v) is 2.00. The third kappa shape index (κ3) is 3.37. The summed E-state index contributed by atoms with van der Waals surface area (Å²) in [7, 11) is 0. The Morgan fingerprint density at radius 2 is 1.95 bits per heavy atom. The van der Waals surface area contributed by atoms with Gasteiger partial charge in [-0.1, -0.05) is 41.9 Å². The molecule has 6 heteroatoms. The van der Waals surface area contributed by atoms with Gasteiger partial charge < -0.3 is 0 Å². The molecule has 0 radical (unpaired) electrons. The average Bonchev–Trinajstić information content (AvgIpc) is 2.53. The second kappa shape index (κ2) is 6.66. The summed E-state index contributed by atoms with van der Waals surface area (Å²) in [4.78, 5) is 22.5. The van der Waals surface area contributed by atoms with Crippen LogP contribution in [-0.2, 0) is 0 Å². The minimum atomic E-state index is -0.597. The monoisotopic (exact) mass is 312 g/mol. The van der Waals surface area contributed by atoms with E-state index in [1.165, 1.54) is 24.3 Å². The number of nitrogens with zero attached hydrogens (tertiary/aromatic N) is 2. The molecule has 0 bridgehead atoms. The number of Topliss-reactive ketones (excluding diaryl/α,β-unsaturated/α-hetero) is 1. The van der Waals surface area contributed by atoms with Crippen molar-refractivity contribution in [2.24, 2.45) is 0 Å². The number of benzene rings is 2. The summed E-state index contributed by atoms with van der Waals surface area (Å²) in [6.07, 6.45) is 1.36. The fraction of sp³-hybridized carbons (Fsp3) is 0. The van der Waals surface area contributed by atoms with Gasteiger partial charge in [0.15, 0.2) is 0 Å². The van der Waals surface area contributed by atoms with E-state index >= 15 is 0 Å². The van der Waals surface area contributed by atoms with E-state index in [-0.39, 0.29) is 16.8 Å². The summed E-state index contributed by atoms with van der Waals surface area (Å²) >= 11 is 5.99. The Bertz CT molecular complexity index is 822. The molecule has 0 saturated carbocycles. The fourth-order valence-electron chi connectivity index (χ4n) is 1.81. The highest BCUT2D eigenvalue weighted by Crippen LogP contribution is 2.21. The number of nitro groups is 1. The molecule has 0 aliphatic carbocycles. The first kappa shape index (κ1) is 15.4. The Morgan fingerprint density at radius 3 is 2.59 bits per heavy atom. The van der Waals surface area contributed by atoms with Crippen LogP contribution in [0.1, 0.15) is 15.9 Å². The number of hydrogen-bond donors (Lipinski definition) is 0. The molecular weight excluding hydrogens is 304 g/mol. The summed E-state index contributed by atoms with van der Waals surface area (Å²) in [5.41, 5.74) is 0.253. The van der Waals surface area contributed by atoms with Crippen LogP contribution in [0.25, 0.3) is 6.08 Å². The summed E-state index contributed by atoms with van der Waals surface area (Å²) in [6.45, 7) is 0. The molecular formula is C16H9ClN2O3. The average molecular weight is 313 g/mol. The van der Waals surface area contributed by atoms with E-state index < -0.39 is 10.7 Å². The van der Waals surface area contributed by atoms with E-state index in [0.29, 0.717) is 10.6 Å². The first-order valence-electron chi connectivity index (χ1n) is 6.18.